The van der Waals surface area contributed by atoms with E-state index in [1.165, 1.54) is 6.92 Å². The van der Waals surface area contributed by atoms with E-state index in [4.69, 9.17) is 5.73 Å². The highest BCUT2D eigenvalue weighted by atomic mass is 16.1. The highest BCUT2D eigenvalue weighted by Crippen LogP contribution is 2.22. The molecule has 0 saturated carbocycles. The lowest BCUT2D eigenvalue weighted by Gasteiger charge is -2.04. The minimum absolute atomic E-state index is 0.0698. The zero-order valence-corrected chi connectivity index (χ0v) is 11.7. The Bertz CT molecular complexity index is 577. The molecule has 2 rings (SSSR count). The van der Waals surface area contributed by atoms with Crippen molar-refractivity contribution in [2.45, 2.75) is 26.3 Å². The lowest BCUT2D eigenvalue weighted by Crippen LogP contribution is -2.05. The van der Waals surface area contributed by atoms with Gasteiger partial charge in [-0.15, -0.1) is 0 Å². The molecule has 0 atom stereocenters. The van der Waals surface area contributed by atoms with E-state index in [9.17, 15) is 4.79 Å². The Kier molecular flexibility index (Phi) is 4.90. The van der Waals surface area contributed by atoms with Gasteiger partial charge in [-0.25, -0.2) is 0 Å². The summed E-state index contributed by atoms with van der Waals surface area (Å²) >= 11 is 0. The van der Waals surface area contributed by atoms with Crippen LogP contribution in [0, 0.1) is 0 Å². The molecule has 0 aliphatic heterocycles. The normalized spacial score (nSPS) is 10.5. The van der Waals surface area contributed by atoms with Gasteiger partial charge in [-0.2, -0.15) is 5.10 Å². The number of amides is 1. The van der Waals surface area contributed by atoms with E-state index in [1.54, 1.807) is 0 Å². The fourth-order valence-electron chi connectivity index (χ4n) is 2.03. The van der Waals surface area contributed by atoms with Crippen LogP contribution in [0.25, 0.3) is 11.1 Å². The first kappa shape index (κ1) is 14.3. The van der Waals surface area contributed by atoms with Gasteiger partial charge in [-0.05, 0) is 37.1 Å². The van der Waals surface area contributed by atoms with Crippen LogP contribution in [0.1, 0.15) is 19.8 Å². The average molecular weight is 272 g/mol. The van der Waals surface area contributed by atoms with Gasteiger partial charge in [-0.1, -0.05) is 12.1 Å². The number of nitrogens with zero attached hydrogens (tertiary/aromatic N) is 2. The third-order valence-electron chi connectivity index (χ3n) is 2.99. The maximum Gasteiger partial charge on any atom is 0.221 e. The molecule has 5 heteroatoms. The van der Waals surface area contributed by atoms with E-state index in [0.717, 1.165) is 36.2 Å². The van der Waals surface area contributed by atoms with Gasteiger partial charge in [0, 0.05) is 30.9 Å². The second-order valence-electron chi connectivity index (χ2n) is 4.75. The molecule has 1 aromatic heterocycles. The van der Waals surface area contributed by atoms with Crippen LogP contribution >= 0.6 is 0 Å². The average Bonchev–Trinajstić information content (AvgIpc) is 2.87. The van der Waals surface area contributed by atoms with Crippen molar-refractivity contribution in [2.24, 2.45) is 5.73 Å². The van der Waals surface area contributed by atoms with Crippen LogP contribution < -0.4 is 11.1 Å². The zero-order valence-electron chi connectivity index (χ0n) is 11.7. The van der Waals surface area contributed by atoms with E-state index in [2.05, 4.69) is 10.4 Å². The summed E-state index contributed by atoms with van der Waals surface area (Å²) in [6, 6.07) is 7.75. The topological polar surface area (TPSA) is 72.9 Å². The molecule has 0 unspecified atom stereocenters. The van der Waals surface area contributed by atoms with Crippen molar-refractivity contribution in [2.75, 3.05) is 11.9 Å². The number of rotatable bonds is 6. The molecule has 1 amide bonds. The number of hydrogen-bond acceptors (Lipinski definition) is 3. The quantitative estimate of drug-likeness (QED) is 0.792. The lowest BCUT2D eigenvalue weighted by molar-refractivity contribution is -0.114. The third kappa shape index (κ3) is 3.93. The molecule has 1 aromatic carbocycles. The number of aryl methyl sites for hydroxylation is 1. The van der Waals surface area contributed by atoms with Gasteiger partial charge in [0.1, 0.15) is 0 Å². The van der Waals surface area contributed by atoms with E-state index in [1.807, 2.05) is 41.3 Å². The Balaban J connectivity index is 2.09. The van der Waals surface area contributed by atoms with Crippen molar-refractivity contribution in [1.82, 2.24) is 9.78 Å². The van der Waals surface area contributed by atoms with Gasteiger partial charge < -0.3 is 11.1 Å². The number of aromatic nitrogens is 2. The van der Waals surface area contributed by atoms with Gasteiger partial charge in [0.15, 0.2) is 0 Å². The number of carbonyl (C=O) groups excluding carboxylic acids is 1. The van der Waals surface area contributed by atoms with Crippen molar-refractivity contribution in [3.63, 3.8) is 0 Å². The molecule has 2 aromatic rings. The molecule has 5 nitrogen and oxygen atoms in total. The summed E-state index contributed by atoms with van der Waals surface area (Å²) < 4.78 is 1.93. The molecule has 0 saturated heterocycles. The van der Waals surface area contributed by atoms with Crippen LogP contribution in [0.2, 0.25) is 0 Å². The predicted octanol–water partition coefficient (Wildman–Crippen LogP) is 2.25. The third-order valence-corrected chi connectivity index (χ3v) is 2.99. The largest absolute Gasteiger partial charge is 0.330 e. The minimum atomic E-state index is -0.0698. The van der Waals surface area contributed by atoms with E-state index >= 15 is 0 Å². The molecule has 0 aliphatic rings. The number of benzene rings is 1. The summed E-state index contributed by atoms with van der Waals surface area (Å²) in [6.45, 7) is 3.09. The number of hydrogen-bond donors (Lipinski definition) is 2. The molecular weight excluding hydrogens is 252 g/mol. The van der Waals surface area contributed by atoms with Crippen molar-refractivity contribution < 1.29 is 4.79 Å². The highest BCUT2D eigenvalue weighted by Gasteiger charge is 2.03. The van der Waals surface area contributed by atoms with Crippen LogP contribution in [-0.4, -0.2) is 22.2 Å². The standard InChI is InChI=1S/C15H20N4O/c1-12(20)18-15-6-4-5-13(9-15)14-10-17-19(11-14)8-3-2-7-16/h4-6,9-11H,2-3,7-8,16H2,1H3,(H,18,20). The Morgan fingerprint density at radius 2 is 2.20 bits per heavy atom. The molecule has 0 fully saturated rings. The first-order valence-corrected chi connectivity index (χ1v) is 6.79. The van der Waals surface area contributed by atoms with Crippen LogP contribution in [-0.2, 0) is 11.3 Å². The molecule has 1 heterocycles. The monoisotopic (exact) mass is 272 g/mol. The highest BCUT2D eigenvalue weighted by molar-refractivity contribution is 5.89. The second-order valence-corrected chi connectivity index (χ2v) is 4.75. The summed E-state index contributed by atoms with van der Waals surface area (Å²) in [5.74, 6) is -0.0698. The van der Waals surface area contributed by atoms with E-state index in [-0.39, 0.29) is 5.91 Å². The Labute approximate surface area is 118 Å². The summed E-state index contributed by atoms with van der Waals surface area (Å²) in [6.07, 6.45) is 5.90. The molecule has 3 N–H and O–H groups in total. The Morgan fingerprint density at radius 3 is 2.95 bits per heavy atom. The van der Waals surface area contributed by atoms with Crippen LogP contribution in [0.15, 0.2) is 36.7 Å². The number of unbranched alkanes of at least 4 members (excludes halogenated alkanes) is 1. The molecule has 0 spiro atoms. The maximum atomic E-state index is 11.1. The lowest BCUT2D eigenvalue weighted by atomic mass is 10.1. The van der Waals surface area contributed by atoms with Gasteiger partial charge in [0.25, 0.3) is 0 Å². The second kappa shape index (κ2) is 6.86. The fourth-order valence-corrected chi connectivity index (χ4v) is 2.03. The summed E-state index contributed by atoms with van der Waals surface area (Å²) in [4.78, 5) is 11.1. The number of anilines is 1. The number of carbonyl (C=O) groups is 1. The molecule has 0 radical (unpaired) electrons. The first-order valence-electron chi connectivity index (χ1n) is 6.79. The van der Waals surface area contributed by atoms with Crippen LogP contribution in [0.3, 0.4) is 0 Å². The van der Waals surface area contributed by atoms with Crippen LogP contribution in [0.4, 0.5) is 5.69 Å². The van der Waals surface area contributed by atoms with E-state index < -0.39 is 0 Å². The molecule has 106 valence electrons. The first-order chi connectivity index (χ1) is 9.69. The van der Waals surface area contributed by atoms with Crippen molar-refractivity contribution in [3.05, 3.63) is 36.7 Å². The van der Waals surface area contributed by atoms with Crippen molar-refractivity contribution in [3.8, 4) is 11.1 Å². The predicted molar refractivity (Wildman–Crippen MR) is 80.3 cm³/mol. The SMILES string of the molecule is CC(=O)Nc1cccc(-c2cnn(CCCCN)c2)c1. The number of nitrogens with one attached hydrogen (secondary N) is 1. The van der Waals surface area contributed by atoms with Gasteiger partial charge in [0.05, 0.1) is 6.20 Å². The Morgan fingerprint density at radius 1 is 1.35 bits per heavy atom. The van der Waals surface area contributed by atoms with E-state index in [0.29, 0.717) is 6.54 Å². The molecular formula is C15H20N4O. The summed E-state index contributed by atoms with van der Waals surface area (Å²) in [5.41, 5.74) is 8.37. The number of nitrogens with two attached hydrogens (primary N) is 1. The van der Waals surface area contributed by atoms with Gasteiger partial charge in [-0.3, -0.25) is 9.48 Å². The fraction of sp³-hybridized carbons (Fsp3) is 0.333. The molecule has 20 heavy (non-hydrogen) atoms. The maximum absolute atomic E-state index is 11.1. The smallest absolute Gasteiger partial charge is 0.221 e. The van der Waals surface area contributed by atoms with Crippen molar-refractivity contribution >= 4 is 11.6 Å². The zero-order chi connectivity index (χ0) is 14.4. The van der Waals surface area contributed by atoms with Gasteiger partial charge in [0.2, 0.25) is 5.91 Å². The molecule has 0 bridgehead atoms. The molecule has 0 aliphatic carbocycles. The summed E-state index contributed by atoms with van der Waals surface area (Å²) in [5, 5.41) is 7.13. The summed E-state index contributed by atoms with van der Waals surface area (Å²) in [7, 11) is 0. The van der Waals surface area contributed by atoms with Gasteiger partial charge >= 0.3 is 0 Å². The van der Waals surface area contributed by atoms with Crippen molar-refractivity contribution in [1.29, 1.82) is 0 Å². The van der Waals surface area contributed by atoms with Crippen LogP contribution in [0.5, 0.6) is 0 Å². The Hall–Kier alpha value is -2.14. The minimum Gasteiger partial charge on any atom is -0.330 e.